The van der Waals surface area contributed by atoms with Gasteiger partial charge in [-0.2, -0.15) is 14.0 Å². The summed E-state index contributed by atoms with van der Waals surface area (Å²) in [4.78, 5) is 10.6. The van der Waals surface area contributed by atoms with Gasteiger partial charge in [0.25, 0.3) is 0 Å². The van der Waals surface area contributed by atoms with Crippen molar-refractivity contribution in [1.82, 2.24) is 0 Å². The summed E-state index contributed by atoms with van der Waals surface area (Å²) in [6.45, 7) is -1.47. The molecule has 17 heavy (non-hydrogen) atoms. The Kier molecular flexibility index (Phi) is 3.99. The van der Waals surface area contributed by atoms with Gasteiger partial charge in [0.15, 0.2) is 0 Å². The van der Waals surface area contributed by atoms with Gasteiger partial charge in [0.05, 0.1) is 18.1 Å². The molecule has 0 amide bonds. The zero-order valence-corrected chi connectivity index (χ0v) is 8.91. The van der Waals surface area contributed by atoms with Crippen LogP contribution < -0.4 is 4.74 Å². The highest BCUT2D eigenvalue weighted by Crippen LogP contribution is 2.27. The molecular formula is C11H9F2NO3. The number of ether oxygens (including phenoxy) is 1. The number of hydrogen-bond donors (Lipinski definition) is 1. The molecule has 0 radical (unpaired) electrons. The Balaban J connectivity index is 3.30. The molecule has 0 atom stereocenters. The summed E-state index contributed by atoms with van der Waals surface area (Å²) in [5, 5.41) is 17.6. The lowest BCUT2D eigenvalue weighted by Crippen LogP contribution is -2.10. The van der Waals surface area contributed by atoms with Gasteiger partial charge >= 0.3 is 12.6 Å². The summed E-state index contributed by atoms with van der Waals surface area (Å²) in [7, 11) is 0. The van der Waals surface area contributed by atoms with E-state index in [1.54, 1.807) is 13.0 Å². The summed E-state index contributed by atoms with van der Waals surface area (Å²) in [6, 6.07) is 4.46. The van der Waals surface area contributed by atoms with E-state index in [2.05, 4.69) is 4.74 Å². The van der Waals surface area contributed by atoms with Crippen LogP contribution in [0.3, 0.4) is 0 Å². The fourth-order valence-electron chi connectivity index (χ4n) is 1.43. The minimum Gasteiger partial charge on any atom is -0.481 e. The van der Waals surface area contributed by atoms with E-state index in [0.29, 0.717) is 5.56 Å². The molecule has 1 aromatic rings. The lowest BCUT2D eigenvalue weighted by atomic mass is 9.99. The molecule has 0 fully saturated rings. The highest BCUT2D eigenvalue weighted by molar-refractivity contribution is 5.73. The molecule has 90 valence electrons. The molecule has 4 nitrogen and oxygen atoms in total. The van der Waals surface area contributed by atoms with Crippen molar-refractivity contribution in [3.8, 4) is 11.8 Å². The Labute approximate surface area is 96.0 Å². The first kappa shape index (κ1) is 12.9. The predicted molar refractivity (Wildman–Crippen MR) is 53.9 cm³/mol. The zero-order chi connectivity index (χ0) is 13.0. The van der Waals surface area contributed by atoms with Gasteiger partial charge in [-0.15, -0.1) is 0 Å². The van der Waals surface area contributed by atoms with Crippen molar-refractivity contribution in [2.24, 2.45) is 0 Å². The number of nitriles is 1. The standard InChI is InChI=1S/C11H9F2NO3/c1-6-2-3-9(17-11(12)13)7(4-10(15)16)8(6)5-14/h2-3,11H,4H2,1H3,(H,15,16). The molecule has 1 N–H and O–H groups in total. The monoisotopic (exact) mass is 241 g/mol. The number of carbonyl (C=O) groups is 1. The van der Waals surface area contributed by atoms with E-state index in [9.17, 15) is 13.6 Å². The third kappa shape index (κ3) is 3.14. The van der Waals surface area contributed by atoms with Crippen LogP contribution in [0.25, 0.3) is 0 Å². The van der Waals surface area contributed by atoms with Gasteiger partial charge in [0.2, 0.25) is 0 Å². The van der Waals surface area contributed by atoms with Crippen molar-refractivity contribution >= 4 is 5.97 Å². The normalized spacial score (nSPS) is 10.1. The second-order valence-electron chi connectivity index (χ2n) is 3.29. The van der Waals surface area contributed by atoms with Crippen molar-refractivity contribution in [3.63, 3.8) is 0 Å². The molecule has 0 aromatic heterocycles. The van der Waals surface area contributed by atoms with Crippen LogP contribution in [0.15, 0.2) is 12.1 Å². The first-order valence-corrected chi connectivity index (χ1v) is 4.65. The SMILES string of the molecule is Cc1ccc(OC(F)F)c(CC(=O)O)c1C#N. The van der Waals surface area contributed by atoms with Crippen molar-refractivity contribution in [3.05, 3.63) is 28.8 Å². The summed E-state index contributed by atoms with van der Waals surface area (Å²) in [5.41, 5.74) is 0.552. The number of rotatable bonds is 4. The number of hydrogen-bond acceptors (Lipinski definition) is 3. The maximum Gasteiger partial charge on any atom is 0.387 e. The van der Waals surface area contributed by atoms with Crippen molar-refractivity contribution in [2.45, 2.75) is 20.0 Å². The quantitative estimate of drug-likeness (QED) is 0.876. The number of carboxylic acid groups (broad SMARTS) is 1. The molecule has 0 saturated carbocycles. The van der Waals surface area contributed by atoms with Crippen molar-refractivity contribution in [1.29, 1.82) is 5.26 Å². The minimum absolute atomic E-state index is 0.0275. The molecule has 1 aromatic carbocycles. The van der Waals surface area contributed by atoms with E-state index >= 15 is 0 Å². The van der Waals surface area contributed by atoms with Gasteiger partial charge in [0.1, 0.15) is 5.75 Å². The first-order valence-electron chi connectivity index (χ1n) is 4.65. The predicted octanol–water partition coefficient (Wildman–Crippen LogP) is 2.10. The Morgan fingerprint density at radius 2 is 2.24 bits per heavy atom. The smallest absolute Gasteiger partial charge is 0.387 e. The lowest BCUT2D eigenvalue weighted by molar-refractivity contribution is -0.136. The molecule has 0 heterocycles. The summed E-state index contributed by atoms with van der Waals surface area (Å²) < 4.78 is 28.4. The number of halogens is 2. The van der Waals surface area contributed by atoms with Crippen LogP contribution in [-0.4, -0.2) is 17.7 Å². The number of carboxylic acids is 1. The average molecular weight is 241 g/mol. The maximum atomic E-state index is 12.1. The first-order chi connectivity index (χ1) is 7.95. The van der Waals surface area contributed by atoms with E-state index in [4.69, 9.17) is 10.4 Å². The molecule has 0 spiro atoms. The molecule has 6 heteroatoms. The highest BCUT2D eigenvalue weighted by atomic mass is 19.3. The summed E-state index contributed by atoms with van der Waals surface area (Å²) in [5.74, 6) is -1.49. The second kappa shape index (κ2) is 5.25. The molecule has 0 bridgehead atoms. The van der Waals surface area contributed by atoms with Crippen LogP contribution in [0.2, 0.25) is 0 Å². The number of nitrogens with zero attached hydrogens (tertiary/aromatic N) is 1. The van der Waals surface area contributed by atoms with E-state index in [-0.39, 0.29) is 16.9 Å². The third-order valence-corrected chi connectivity index (χ3v) is 2.13. The summed E-state index contributed by atoms with van der Waals surface area (Å²) >= 11 is 0. The molecule has 0 aliphatic carbocycles. The number of aryl methyl sites for hydroxylation is 1. The molecule has 0 aliphatic heterocycles. The van der Waals surface area contributed by atoms with Gasteiger partial charge < -0.3 is 9.84 Å². The summed E-state index contributed by atoms with van der Waals surface area (Å²) in [6.07, 6.45) is -0.535. The lowest BCUT2D eigenvalue weighted by Gasteiger charge is -2.12. The second-order valence-corrected chi connectivity index (χ2v) is 3.29. The number of alkyl halides is 2. The average Bonchev–Trinajstić information content (AvgIpc) is 2.21. The fourth-order valence-corrected chi connectivity index (χ4v) is 1.43. The Bertz CT molecular complexity index is 480. The zero-order valence-electron chi connectivity index (χ0n) is 8.91. The molecule has 1 rings (SSSR count). The van der Waals surface area contributed by atoms with Crippen LogP contribution in [0.4, 0.5) is 8.78 Å². The van der Waals surface area contributed by atoms with Gasteiger partial charge in [-0.05, 0) is 18.6 Å². The van der Waals surface area contributed by atoms with Crippen LogP contribution in [-0.2, 0) is 11.2 Å². The van der Waals surface area contributed by atoms with E-state index < -0.39 is 19.0 Å². The van der Waals surface area contributed by atoms with Gasteiger partial charge in [-0.1, -0.05) is 6.07 Å². The third-order valence-electron chi connectivity index (χ3n) is 2.13. The highest BCUT2D eigenvalue weighted by Gasteiger charge is 2.17. The van der Waals surface area contributed by atoms with Crippen LogP contribution >= 0.6 is 0 Å². The van der Waals surface area contributed by atoms with Gasteiger partial charge in [-0.3, -0.25) is 4.79 Å². The van der Waals surface area contributed by atoms with E-state index in [0.717, 1.165) is 0 Å². The maximum absolute atomic E-state index is 12.1. The Morgan fingerprint density at radius 1 is 1.59 bits per heavy atom. The Hall–Kier alpha value is -2.16. The Morgan fingerprint density at radius 3 is 2.71 bits per heavy atom. The van der Waals surface area contributed by atoms with Crippen molar-refractivity contribution < 1.29 is 23.4 Å². The van der Waals surface area contributed by atoms with E-state index in [1.807, 2.05) is 0 Å². The number of aliphatic carboxylic acids is 1. The van der Waals surface area contributed by atoms with Crippen LogP contribution in [0, 0.1) is 18.3 Å². The molecular weight excluding hydrogens is 232 g/mol. The van der Waals surface area contributed by atoms with Crippen LogP contribution in [0.1, 0.15) is 16.7 Å². The molecule has 0 aliphatic rings. The van der Waals surface area contributed by atoms with Gasteiger partial charge in [-0.25, -0.2) is 0 Å². The van der Waals surface area contributed by atoms with Gasteiger partial charge in [0, 0.05) is 5.56 Å². The number of benzene rings is 1. The van der Waals surface area contributed by atoms with E-state index in [1.165, 1.54) is 12.1 Å². The van der Waals surface area contributed by atoms with Crippen LogP contribution in [0.5, 0.6) is 5.75 Å². The fraction of sp³-hybridized carbons (Fsp3) is 0.273. The molecule has 0 unspecified atom stereocenters. The molecule has 0 saturated heterocycles. The topological polar surface area (TPSA) is 70.3 Å². The van der Waals surface area contributed by atoms with Crippen molar-refractivity contribution in [2.75, 3.05) is 0 Å². The largest absolute Gasteiger partial charge is 0.481 e. The minimum atomic E-state index is -3.06.